The standard InChI is InChI=1S/C28H24Cl2F7NO/c1-26(2,3)18-7-4-17(5-8-18)15-38(11-10-16-6-9-22(29)21(12-16)28(35,36)37)25(39)20-13-19(27(32,33)34)14-23(30)24(20)31/h4-9,12-14H,10-11,15H2,1-3H3. The van der Waals surface area contributed by atoms with Crippen LogP contribution in [0.1, 0.15) is 58.9 Å². The number of rotatable bonds is 6. The Kier molecular flexibility index (Phi) is 8.97. The van der Waals surface area contributed by atoms with Crippen molar-refractivity contribution in [1.29, 1.82) is 0 Å². The predicted molar refractivity (Wildman–Crippen MR) is 136 cm³/mol. The van der Waals surface area contributed by atoms with E-state index in [1.54, 1.807) is 12.1 Å². The van der Waals surface area contributed by atoms with E-state index >= 15 is 0 Å². The van der Waals surface area contributed by atoms with Crippen LogP contribution in [0.3, 0.4) is 0 Å². The monoisotopic (exact) mass is 593 g/mol. The van der Waals surface area contributed by atoms with E-state index in [9.17, 15) is 35.5 Å². The molecule has 0 radical (unpaired) electrons. The van der Waals surface area contributed by atoms with Crippen LogP contribution in [0.25, 0.3) is 0 Å². The molecule has 0 aliphatic carbocycles. The maximum absolute atomic E-state index is 14.8. The molecule has 0 bridgehead atoms. The second-order valence-corrected chi connectivity index (χ2v) is 10.9. The number of carbonyl (C=O) groups is 1. The van der Waals surface area contributed by atoms with Gasteiger partial charge in [0.1, 0.15) is 0 Å². The van der Waals surface area contributed by atoms with E-state index in [1.807, 2.05) is 32.9 Å². The highest BCUT2D eigenvalue weighted by Gasteiger charge is 2.35. The minimum Gasteiger partial charge on any atom is -0.334 e. The summed E-state index contributed by atoms with van der Waals surface area (Å²) in [4.78, 5) is 14.5. The van der Waals surface area contributed by atoms with Gasteiger partial charge in [0.05, 0.1) is 26.7 Å². The Balaban J connectivity index is 1.99. The number of nitrogens with zero attached hydrogens (tertiary/aromatic N) is 1. The Labute approximate surface area is 231 Å². The van der Waals surface area contributed by atoms with Gasteiger partial charge in [-0.2, -0.15) is 26.3 Å². The third-order valence-electron chi connectivity index (χ3n) is 6.07. The molecule has 0 N–H and O–H groups in total. The van der Waals surface area contributed by atoms with E-state index in [2.05, 4.69) is 0 Å². The van der Waals surface area contributed by atoms with Crippen molar-refractivity contribution in [2.75, 3.05) is 6.54 Å². The summed E-state index contributed by atoms with van der Waals surface area (Å²) in [5.74, 6) is -2.42. The lowest BCUT2D eigenvalue weighted by Crippen LogP contribution is -2.33. The van der Waals surface area contributed by atoms with Crippen LogP contribution in [-0.4, -0.2) is 17.4 Å². The number of hydrogen-bond donors (Lipinski definition) is 0. The van der Waals surface area contributed by atoms with Crippen molar-refractivity contribution < 1.29 is 35.5 Å². The molecule has 2 nitrogen and oxygen atoms in total. The van der Waals surface area contributed by atoms with Gasteiger partial charge in [-0.25, -0.2) is 4.39 Å². The van der Waals surface area contributed by atoms with Gasteiger partial charge >= 0.3 is 12.4 Å². The molecule has 0 saturated carbocycles. The summed E-state index contributed by atoms with van der Waals surface area (Å²) in [6.07, 6.45) is -9.72. The first-order chi connectivity index (χ1) is 17.9. The smallest absolute Gasteiger partial charge is 0.334 e. The largest absolute Gasteiger partial charge is 0.417 e. The van der Waals surface area contributed by atoms with Crippen molar-refractivity contribution in [2.24, 2.45) is 0 Å². The van der Waals surface area contributed by atoms with E-state index in [0.29, 0.717) is 17.7 Å². The van der Waals surface area contributed by atoms with Crippen molar-refractivity contribution in [3.05, 3.63) is 104 Å². The summed E-state index contributed by atoms with van der Waals surface area (Å²) in [6.45, 7) is 5.63. The summed E-state index contributed by atoms with van der Waals surface area (Å²) in [5.41, 5.74) is -1.69. The normalized spacial score (nSPS) is 12.5. The van der Waals surface area contributed by atoms with Gasteiger partial charge in [0.2, 0.25) is 0 Å². The van der Waals surface area contributed by atoms with Crippen LogP contribution in [0.4, 0.5) is 30.7 Å². The number of amides is 1. The zero-order chi connectivity index (χ0) is 29.3. The Morgan fingerprint density at radius 1 is 0.769 bits per heavy atom. The van der Waals surface area contributed by atoms with E-state index in [1.165, 1.54) is 6.07 Å². The zero-order valence-corrected chi connectivity index (χ0v) is 22.6. The van der Waals surface area contributed by atoms with Crippen molar-refractivity contribution in [3.63, 3.8) is 0 Å². The number of alkyl halides is 6. The van der Waals surface area contributed by atoms with Crippen LogP contribution in [0, 0.1) is 5.82 Å². The molecular weight excluding hydrogens is 570 g/mol. The zero-order valence-electron chi connectivity index (χ0n) is 21.1. The molecule has 0 heterocycles. The van der Waals surface area contributed by atoms with Crippen LogP contribution in [-0.2, 0) is 30.7 Å². The average Bonchev–Trinajstić information content (AvgIpc) is 2.82. The van der Waals surface area contributed by atoms with E-state index in [0.717, 1.165) is 22.6 Å². The second-order valence-electron chi connectivity index (χ2n) is 10.1. The van der Waals surface area contributed by atoms with E-state index in [4.69, 9.17) is 23.2 Å². The van der Waals surface area contributed by atoms with Crippen molar-refractivity contribution in [3.8, 4) is 0 Å². The number of hydrogen-bond acceptors (Lipinski definition) is 1. The lowest BCUT2D eigenvalue weighted by atomic mass is 9.87. The molecule has 210 valence electrons. The Morgan fingerprint density at radius 3 is 1.90 bits per heavy atom. The van der Waals surface area contributed by atoms with Gasteiger partial charge in [-0.3, -0.25) is 4.79 Å². The third kappa shape index (κ3) is 7.66. The lowest BCUT2D eigenvalue weighted by Gasteiger charge is -2.25. The molecule has 3 aromatic carbocycles. The fourth-order valence-corrected chi connectivity index (χ4v) is 4.31. The van der Waals surface area contributed by atoms with Gasteiger partial charge in [0.15, 0.2) is 5.82 Å². The molecule has 11 heteroatoms. The maximum atomic E-state index is 14.8. The molecule has 39 heavy (non-hydrogen) atoms. The first-order valence-corrected chi connectivity index (χ1v) is 12.4. The van der Waals surface area contributed by atoms with Crippen LogP contribution < -0.4 is 0 Å². The number of benzene rings is 3. The third-order valence-corrected chi connectivity index (χ3v) is 6.68. The highest BCUT2D eigenvalue weighted by molar-refractivity contribution is 6.31. The summed E-state index contributed by atoms with van der Waals surface area (Å²) in [7, 11) is 0. The van der Waals surface area contributed by atoms with Crippen molar-refractivity contribution in [1.82, 2.24) is 4.90 Å². The van der Waals surface area contributed by atoms with Crippen LogP contribution in [0.15, 0.2) is 54.6 Å². The molecular formula is C28H24Cl2F7NO. The summed E-state index contributed by atoms with van der Waals surface area (Å²) in [5, 5.41) is -1.38. The fourth-order valence-electron chi connectivity index (χ4n) is 3.87. The Bertz CT molecular complexity index is 1340. The average molecular weight is 594 g/mol. The molecule has 3 aromatic rings. The van der Waals surface area contributed by atoms with Gasteiger partial charge in [0, 0.05) is 13.1 Å². The molecule has 0 atom stereocenters. The SMILES string of the molecule is CC(C)(C)c1ccc(CN(CCc2ccc(Cl)c(C(F)(F)F)c2)C(=O)c2cc(C(F)(F)F)cc(Cl)c2F)cc1. The summed E-state index contributed by atoms with van der Waals surface area (Å²) < 4.78 is 94.8. The van der Waals surface area contributed by atoms with Gasteiger partial charge < -0.3 is 4.90 Å². The van der Waals surface area contributed by atoms with Gasteiger partial charge in [0.25, 0.3) is 5.91 Å². The molecule has 0 fully saturated rings. The molecule has 0 aliphatic rings. The molecule has 0 saturated heterocycles. The van der Waals surface area contributed by atoms with Crippen molar-refractivity contribution >= 4 is 29.1 Å². The van der Waals surface area contributed by atoms with E-state index < -0.39 is 50.8 Å². The van der Waals surface area contributed by atoms with Crippen LogP contribution >= 0.6 is 23.2 Å². The summed E-state index contributed by atoms with van der Waals surface area (Å²) in [6, 6.07) is 11.1. The minimum absolute atomic E-state index is 0.111. The van der Waals surface area contributed by atoms with Gasteiger partial charge in [-0.05, 0) is 52.8 Å². The second kappa shape index (κ2) is 11.4. The first-order valence-electron chi connectivity index (χ1n) is 11.7. The quantitative estimate of drug-likeness (QED) is 0.261. The maximum Gasteiger partial charge on any atom is 0.417 e. The van der Waals surface area contributed by atoms with Crippen molar-refractivity contribution in [2.45, 2.75) is 51.5 Å². The minimum atomic E-state index is -4.89. The molecule has 3 rings (SSSR count). The molecule has 1 amide bonds. The highest BCUT2D eigenvalue weighted by Crippen LogP contribution is 2.36. The molecule has 0 unspecified atom stereocenters. The Hall–Kier alpha value is -2.78. The van der Waals surface area contributed by atoms with E-state index in [-0.39, 0.29) is 30.5 Å². The Morgan fingerprint density at radius 2 is 1.36 bits per heavy atom. The van der Waals surface area contributed by atoms with Crippen LogP contribution in [0.2, 0.25) is 10.0 Å². The van der Waals surface area contributed by atoms with Gasteiger partial charge in [-0.15, -0.1) is 0 Å². The molecule has 0 aliphatic heterocycles. The first kappa shape index (κ1) is 30.8. The van der Waals surface area contributed by atoms with Crippen LogP contribution in [0.5, 0.6) is 0 Å². The molecule has 0 aromatic heterocycles. The fraction of sp³-hybridized carbons (Fsp3) is 0.321. The highest BCUT2D eigenvalue weighted by atomic mass is 35.5. The molecule has 0 spiro atoms. The topological polar surface area (TPSA) is 20.3 Å². The summed E-state index contributed by atoms with van der Waals surface area (Å²) >= 11 is 11.4. The predicted octanol–water partition coefficient (Wildman–Crippen LogP) is 9.35. The number of halogens is 9. The number of carbonyl (C=O) groups excluding carboxylic acids is 1. The van der Waals surface area contributed by atoms with Gasteiger partial charge in [-0.1, -0.05) is 74.3 Å². The lowest BCUT2D eigenvalue weighted by molar-refractivity contribution is -0.138.